The molecule has 0 spiro atoms. The van der Waals surface area contributed by atoms with E-state index in [2.05, 4.69) is 0 Å². The van der Waals surface area contributed by atoms with Crippen LogP contribution in [0.25, 0.3) is 0 Å². The molecule has 22 heavy (non-hydrogen) atoms. The number of amides is 1. The molecule has 1 unspecified atom stereocenters. The first kappa shape index (κ1) is 14.2. The largest absolute Gasteiger partial charge is 0.459 e. The van der Waals surface area contributed by atoms with Crippen LogP contribution < -0.4 is 0 Å². The van der Waals surface area contributed by atoms with Crippen LogP contribution in [-0.2, 0) is 25.7 Å². The molecule has 1 aromatic carbocycles. The number of hydrogen-bond acceptors (Lipinski definition) is 6. The second-order valence-electron chi connectivity index (χ2n) is 5.24. The van der Waals surface area contributed by atoms with Gasteiger partial charge in [0.05, 0.1) is 11.3 Å². The highest BCUT2D eigenvalue weighted by Gasteiger charge is 2.54. The summed E-state index contributed by atoms with van der Waals surface area (Å²) in [6, 6.07) is 4.31. The van der Waals surface area contributed by atoms with E-state index in [4.69, 9.17) is 4.74 Å². The van der Waals surface area contributed by atoms with Gasteiger partial charge in [0, 0.05) is 18.6 Å². The molecule has 0 radical (unpaired) electrons. The maximum Gasteiger partial charge on any atom is 0.329 e. The first-order chi connectivity index (χ1) is 10.5. The van der Waals surface area contributed by atoms with Gasteiger partial charge in [-0.3, -0.25) is 19.7 Å². The minimum absolute atomic E-state index is 0.00446. The summed E-state index contributed by atoms with van der Waals surface area (Å²) in [5.74, 6) is -0.952. The van der Waals surface area contributed by atoms with E-state index >= 15 is 0 Å². The van der Waals surface area contributed by atoms with Gasteiger partial charge in [-0.25, -0.2) is 4.79 Å². The van der Waals surface area contributed by atoms with Crippen LogP contribution in [0.3, 0.4) is 0 Å². The third-order valence-electron chi connectivity index (χ3n) is 3.89. The summed E-state index contributed by atoms with van der Waals surface area (Å²) >= 11 is 0. The molecule has 2 aliphatic rings. The molecule has 3 rings (SSSR count). The van der Waals surface area contributed by atoms with Gasteiger partial charge in [0.2, 0.25) is 5.91 Å². The molecule has 0 bridgehead atoms. The fourth-order valence-corrected chi connectivity index (χ4v) is 2.68. The predicted octanol–water partition coefficient (Wildman–Crippen LogP) is 0.580. The van der Waals surface area contributed by atoms with Crippen molar-refractivity contribution in [2.24, 2.45) is 0 Å². The zero-order chi connectivity index (χ0) is 15.9. The average molecular weight is 304 g/mol. The minimum atomic E-state index is -0.836. The number of benzene rings is 1. The number of rotatable bonds is 4. The molecule has 114 valence electrons. The van der Waals surface area contributed by atoms with Crippen molar-refractivity contribution in [3.05, 3.63) is 39.9 Å². The first-order valence-corrected chi connectivity index (χ1v) is 6.71. The molecule has 2 aliphatic heterocycles. The van der Waals surface area contributed by atoms with Crippen molar-refractivity contribution in [1.29, 1.82) is 0 Å². The Kier molecular flexibility index (Phi) is 3.36. The molecular formula is C14H12N2O6. The number of ketones is 1. The monoisotopic (exact) mass is 304 g/mol. The van der Waals surface area contributed by atoms with Gasteiger partial charge in [-0.05, 0) is 17.7 Å². The van der Waals surface area contributed by atoms with Gasteiger partial charge < -0.3 is 9.64 Å². The van der Waals surface area contributed by atoms with Crippen LogP contribution in [0.2, 0.25) is 0 Å². The van der Waals surface area contributed by atoms with Crippen molar-refractivity contribution in [2.45, 2.75) is 31.5 Å². The summed E-state index contributed by atoms with van der Waals surface area (Å²) in [6.07, 6.45) is 0.167. The lowest BCUT2D eigenvalue weighted by Gasteiger charge is -2.36. The summed E-state index contributed by atoms with van der Waals surface area (Å²) in [5.41, 5.74) is 0.542. The number of hydrogen-bond donors (Lipinski definition) is 0. The Bertz CT molecular complexity index is 668. The van der Waals surface area contributed by atoms with E-state index in [1.807, 2.05) is 0 Å². The predicted molar refractivity (Wildman–Crippen MR) is 71.6 cm³/mol. The third-order valence-corrected chi connectivity index (χ3v) is 3.89. The van der Waals surface area contributed by atoms with Gasteiger partial charge in [0.25, 0.3) is 5.69 Å². The Morgan fingerprint density at radius 2 is 1.95 bits per heavy atom. The van der Waals surface area contributed by atoms with E-state index in [-0.39, 0.29) is 36.8 Å². The molecule has 1 amide bonds. The highest BCUT2D eigenvalue weighted by atomic mass is 16.6. The van der Waals surface area contributed by atoms with Gasteiger partial charge in [-0.15, -0.1) is 0 Å². The van der Waals surface area contributed by atoms with Crippen LogP contribution in [-0.4, -0.2) is 39.6 Å². The number of esters is 1. The number of nitro groups is 1. The number of nitrogens with zero attached hydrogens (tertiary/aromatic N) is 2. The van der Waals surface area contributed by atoms with Crippen LogP contribution in [0.5, 0.6) is 0 Å². The maximum absolute atomic E-state index is 12.0. The number of non-ortho nitro benzene ring substituents is 1. The van der Waals surface area contributed by atoms with Crippen LogP contribution in [0, 0.1) is 10.1 Å². The van der Waals surface area contributed by atoms with E-state index in [0.29, 0.717) is 5.56 Å². The number of carbonyl (C=O) groups excluding carboxylic acids is 3. The topological polar surface area (TPSA) is 107 Å². The number of Topliss-reactive ketones (excluding diaryl/α,β-unsaturated/α-hetero) is 1. The van der Waals surface area contributed by atoms with Crippen LogP contribution >= 0.6 is 0 Å². The molecule has 8 nitrogen and oxygen atoms in total. The quantitative estimate of drug-likeness (QED) is 0.348. The number of carbonyl (C=O) groups is 3. The minimum Gasteiger partial charge on any atom is -0.459 e. The van der Waals surface area contributed by atoms with Crippen molar-refractivity contribution in [1.82, 2.24) is 4.90 Å². The van der Waals surface area contributed by atoms with Crippen LogP contribution in [0.15, 0.2) is 24.3 Å². The van der Waals surface area contributed by atoms with E-state index in [9.17, 15) is 24.5 Å². The highest BCUT2D eigenvalue weighted by Crippen LogP contribution is 2.33. The molecule has 2 heterocycles. The number of ether oxygens (including phenoxy) is 1. The average Bonchev–Trinajstić information content (AvgIpc) is 2.76. The lowest BCUT2D eigenvalue weighted by Crippen LogP contribution is -2.55. The van der Waals surface area contributed by atoms with Crippen molar-refractivity contribution < 1.29 is 24.0 Å². The molecule has 8 heteroatoms. The van der Waals surface area contributed by atoms with Gasteiger partial charge in [0.1, 0.15) is 18.7 Å². The summed E-state index contributed by atoms with van der Waals surface area (Å²) < 4.78 is 5.11. The van der Waals surface area contributed by atoms with E-state index in [1.165, 1.54) is 29.2 Å². The number of fused-ring (bicyclic) bond motifs is 1. The summed E-state index contributed by atoms with van der Waals surface area (Å²) in [5, 5.41) is 10.5. The second-order valence-corrected chi connectivity index (χ2v) is 5.24. The van der Waals surface area contributed by atoms with Gasteiger partial charge in [-0.1, -0.05) is 0 Å². The Balaban J connectivity index is 1.59. The van der Waals surface area contributed by atoms with Crippen LogP contribution in [0.4, 0.5) is 5.69 Å². The Labute approximate surface area is 124 Å². The van der Waals surface area contributed by atoms with Crippen molar-refractivity contribution >= 4 is 23.3 Å². The molecule has 2 fully saturated rings. The van der Waals surface area contributed by atoms with Gasteiger partial charge in [0.15, 0.2) is 5.78 Å². The molecule has 0 aliphatic carbocycles. The fourth-order valence-electron chi connectivity index (χ4n) is 2.68. The Hall–Kier alpha value is -2.77. The summed E-state index contributed by atoms with van der Waals surface area (Å²) in [4.78, 5) is 46.4. The highest BCUT2D eigenvalue weighted by molar-refractivity contribution is 6.06. The Morgan fingerprint density at radius 3 is 2.55 bits per heavy atom. The lowest BCUT2D eigenvalue weighted by molar-refractivity contribution is -0.384. The van der Waals surface area contributed by atoms with Crippen molar-refractivity contribution in [3.8, 4) is 0 Å². The molecular weight excluding hydrogens is 292 g/mol. The maximum atomic E-state index is 12.0. The fraction of sp³-hybridized carbons (Fsp3) is 0.357. The van der Waals surface area contributed by atoms with Crippen molar-refractivity contribution in [3.63, 3.8) is 0 Å². The van der Waals surface area contributed by atoms with Crippen molar-refractivity contribution in [2.75, 3.05) is 0 Å². The van der Waals surface area contributed by atoms with Gasteiger partial charge >= 0.3 is 5.97 Å². The number of nitro benzene ring substituents is 1. The number of β-lactam (4-membered cyclic amide) rings is 1. The molecule has 0 N–H and O–H groups in total. The molecule has 0 saturated carbocycles. The van der Waals surface area contributed by atoms with E-state index in [0.717, 1.165) is 0 Å². The normalized spacial score (nSPS) is 23.0. The smallest absolute Gasteiger partial charge is 0.329 e. The SMILES string of the molecule is O=C(OCc1ccc([N+](=O)[O-])cc1)C1CC(=O)[C@@H]2CC(=O)N12. The molecule has 1 aromatic rings. The Morgan fingerprint density at radius 1 is 1.27 bits per heavy atom. The van der Waals surface area contributed by atoms with Gasteiger partial charge in [-0.2, -0.15) is 0 Å². The molecule has 2 saturated heterocycles. The third kappa shape index (κ3) is 2.32. The zero-order valence-corrected chi connectivity index (χ0v) is 11.4. The second kappa shape index (κ2) is 5.21. The first-order valence-electron chi connectivity index (χ1n) is 6.71. The zero-order valence-electron chi connectivity index (χ0n) is 11.4. The van der Waals surface area contributed by atoms with E-state index < -0.39 is 23.0 Å². The summed E-state index contributed by atoms with van der Waals surface area (Å²) in [7, 11) is 0. The molecule has 0 aromatic heterocycles. The van der Waals surface area contributed by atoms with E-state index in [1.54, 1.807) is 0 Å². The standard InChI is InChI=1S/C14H12N2O6/c17-12-5-11(15-10(12)6-13(15)18)14(19)22-7-8-1-3-9(4-2-8)16(20)21/h1-4,10-11H,5-7H2/t10-,11?/m0/s1. The van der Waals surface area contributed by atoms with Crippen LogP contribution in [0.1, 0.15) is 18.4 Å². The molecule has 2 atom stereocenters. The summed E-state index contributed by atoms with van der Waals surface area (Å²) in [6.45, 7) is -0.0613. The lowest BCUT2D eigenvalue weighted by atomic mass is 10.0.